The first kappa shape index (κ1) is 20.5. The molecule has 25 heavy (non-hydrogen) atoms. The lowest BCUT2D eigenvalue weighted by Crippen LogP contribution is -2.76. The molecule has 0 atom stereocenters. The highest BCUT2D eigenvalue weighted by molar-refractivity contribution is 6.08. The molecule has 1 aromatic carbocycles. The van der Waals surface area contributed by atoms with Crippen LogP contribution >= 0.6 is 0 Å². The molecule has 8 nitrogen and oxygen atoms in total. The van der Waals surface area contributed by atoms with Crippen LogP contribution in [0.15, 0.2) is 6.07 Å². The highest BCUT2D eigenvalue weighted by Crippen LogP contribution is 2.43. The lowest BCUT2D eigenvalue weighted by molar-refractivity contribution is -0.830. The van der Waals surface area contributed by atoms with Crippen molar-refractivity contribution in [3.63, 3.8) is 0 Å². The van der Waals surface area contributed by atoms with Gasteiger partial charge in [0.15, 0.2) is 5.75 Å². The van der Waals surface area contributed by atoms with E-state index in [0.717, 1.165) is 31.6 Å². The first-order valence-corrected chi connectivity index (χ1v) is 6.83. The Morgan fingerprint density at radius 2 is 1.76 bits per heavy atom. The maximum absolute atomic E-state index is 13.4. The van der Waals surface area contributed by atoms with Crippen molar-refractivity contribution < 1.29 is 42.9 Å². The van der Waals surface area contributed by atoms with Crippen molar-refractivity contribution >= 4 is 17.6 Å². The summed E-state index contributed by atoms with van der Waals surface area (Å²) in [5.41, 5.74) is -2.06. The third kappa shape index (κ3) is 4.12. The van der Waals surface area contributed by atoms with Crippen LogP contribution in [0.5, 0.6) is 11.5 Å². The van der Waals surface area contributed by atoms with Crippen LogP contribution in [0.25, 0.3) is 0 Å². The molecule has 0 bridgehead atoms. The van der Waals surface area contributed by atoms with E-state index in [1.54, 1.807) is 0 Å². The number of quaternary nitrogens is 1. The van der Waals surface area contributed by atoms with E-state index in [9.17, 15) is 27.9 Å². The lowest BCUT2D eigenvalue weighted by Gasteiger charge is -2.23. The summed E-state index contributed by atoms with van der Waals surface area (Å²) in [5.74, 6) is -2.47. The molecule has 1 aromatic rings. The number of rotatable bonds is 4. The molecule has 0 aliphatic heterocycles. The van der Waals surface area contributed by atoms with Crippen LogP contribution in [0.3, 0.4) is 0 Å². The number of ether oxygens (including phenoxy) is 1. The van der Waals surface area contributed by atoms with Gasteiger partial charge < -0.3 is 14.7 Å². The third-order valence-corrected chi connectivity index (χ3v) is 3.25. The van der Waals surface area contributed by atoms with Crippen LogP contribution in [0.2, 0.25) is 0 Å². The molecule has 3 N–H and O–H groups in total. The number of hydrogen-bond acceptors (Lipinski definition) is 5. The van der Waals surface area contributed by atoms with Crippen molar-refractivity contribution in [3.05, 3.63) is 17.2 Å². The second-order valence-electron chi connectivity index (χ2n) is 5.16. The van der Waals surface area contributed by atoms with E-state index in [2.05, 4.69) is 4.84 Å². The number of nitrogens with zero attached hydrogens (tertiary/aromatic N) is 2. The number of phenolic OH excluding ortho intramolecular Hbond substituents is 1. The van der Waals surface area contributed by atoms with Crippen LogP contribution in [0.4, 0.5) is 23.7 Å². The summed E-state index contributed by atoms with van der Waals surface area (Å²) < 4.78 is 45.0. The minimum atomic E-state index is -4.94. The predicted molar refractivity (Wildman–Crippen MR) is 79.4 cm³/mol. The Balaban J connectivity index is 3.72. The number of carbonyl (C=O) groups excluding carboxylic acids is 2. The van der Waals surface area contributed by atoms with Crippen molar-refractivity contribution in [3.8, 4) is 11.5 Å². The number of phenols is 1. The van der Waals surface area contributed by atoms with Gasteiger partial charge in [-0.2, -0.15) is 18.7 Å². The molecule has 0 aliphatic rings. The number of alkyl halides is 3. The van der Waals surface area contributed by atoms with Gasteiger partial charge in [-0.15, -0.1) is 0 Å². The van der Waals surface area contributed by atoms with E-state index < -0.39 is 46.4 Å². The summed E-state index contributed by atoms with van der Waals surface area (Å²) in [7, 11) is 5.90. The summed E-state index contributed by atoms with van der Waals surface area (Å²) in [6.45, 7) is 0. The number of imide groups is 1. The van der Waals surface area contributed by atoms with Gasteiger partial charge in [0.25, 0.3) is 5.91 Å². The Hall–Kier alpha value is -2.53. The summed E-state index contributed by atoms with van der Waals surface area (Å²) in [6.07, 6.45) is -4.94. The second kappa shape index (κ2) is 7.57. The summed E-state index contributed by atoms with van der Waals surface area (Å²) in [5, 5.41) is 10.1. The molecule has 0 fully saturated rings. The highest BCUT2D eigenvalue weighted by atomic mass is 19.4. The Kier molecular flexibility index (Phi) is 6.21. The number of benzene rings is 1. The molecule has 1 rings (SSSR count). The topological polar surface area (TPSA) is 95.9 Å². The number of halogens is 3. The molecule has 0 spiro atoms. The molecule has 0 aromatic heterocycles. The molecular weight excluding hydrogens is 347 g/mol. The average Bonchev–Trinajstić information content (AvgIpc) is 2.53. The molecule has 0 radical (unpaired) electrons. The van der Waals surface area contributed by atoms with E-state index in [4.69, 9.17) is 4.74 Å². The average molecular weight is 366 g/mol. The molecule has 0 saturated heterocycles. The number of methoxy groups -OCH3 is 1. The zero-order chi connectivity index (χ0) is 19.5. The largest absolute Gasteiger partial charge is 0.500 e. The van der Waals surface area contributed by atoms with Crippen molar-refractivity contribution in [2.24, 2.45) is 0 Å². The first-order valence-electron chi connectivity index (χ1n) is 6.83. The first-order chi connectivity index (χ1) is 11.5. The normalized spacial score (nSPS) is 11.2. The Morgan fingerprint density at radius 3 is 2.16 bits per heavy atom. The zero-order valence-corrected chi connectivity index (χ0v) is 14.3. The van der Waals surface area contributed by atoms with Gasteiger partial charge in [-0.3, -0.25) is 9.69 Å². The number of aromatic hydroxyl groups is 1. The van der Waals surface area contributed by atoms with E-state index >= 15 is 0 Å². The zero-order valence-electron chi connectivity index (χ0n) is 14.3. The van der Waals surface area contributed by atoms with Crippen molar-refractivity contribution in [1.82, 2.24) is 9.80 Å². The van der Waals surface area contributed by atoms with Gasteiger partial charge in [-0.05, 0) is 6.07 Å². The van der Waals surface area contributed by atoms with Crippen LogP contribution in [0.1, 0.15) is 15.9 Å². The van der Waals surface area contributed by atoms with Gasteiger partial charge in [0, 0.05) is 21.1 Å². The van der Waals surface area contributed by atoms with E-state index in [-0.39, 0.29) is 0 Å². The molecular formula is C14H19F3N3O5+. The van der Waals surface area contributed by atoms with Crippen molar-refractivity contribution in [2.75, 3.05) is 35.4 Å². The van der Waals surface area contributed by atoms with Gasteiger partial charge in [-0.25, -0.2) is 9.63 Å². The number of carbonyl (C=O) groups is 2. The quantitative estimate of drug-likeness (QED) is 0.470. The minimum absolute atomic E-state index is 0.490. The summed E-state index contributed by atoms with van der Waals surface area (Å²) >= 11 is 0. The monoisotopic (exact) mass is 366 g/mol. The maximum atomic E-state index is 13.4. The van der Waals surface area contributed by atoms with E-state index in [0.29, 0.717) is 11.0 Å². The minimum Gasteiger partial charge on any atom is -0.500 e. The molecule has 0 unspecified atom stereocenters. The standard InChI is InChI=1S/C14H18F3N3O5/c1-19(2)13(23)20(3)12(22)9-7(14(15,16)17)6-8(24-4)11(21)10(9)18-25-5/h6,18,21H,1-5H3/p+1. The van der Waals surface area contributed by atoms with Gasteiger partial charge in [0.05, 0.1) is 19.8 Å². The third-order valence-electron chi connectivity index (χ3n) is 3.25. The van der Waals surface area contributed by atoms with Crippen LogP contribution in [-0.2, 0) is 11.0 Å². The maximum Gasteiger partial charge on any atom is 0.417 e. The number of hydrogen-bond donors (Lipinski definition) is 2. The fourth-order valence-electron chi connectivity index (χ4n) is 2.06. The van der Waals surface area contributed by atoms with Crippen LogP contribution in [0, 0.1) is 0 Å². The van der Waals surface area contributed by atoms with Crippen LogP contribution in [-0.4, -0.2) is 62.2 Å². The molecule has 0 aliphatic carbocycles. The fraction of sp³-hybridized carbons (Fsp3) is 0.429. The highest BCUT2D eigenvalue weighted by Gasteiger charge is 2.42. The Morgan fingerprint density at radius 1 is 1.20 bits per heavy atom. The van der Waals surface area contributed by atoms with E-state index in [1.807, 2.05) is 0 Å². The van der Waals surface area contributed by atoms with Crippen molar-refractivity contribution in [2.45, 2.75) is 6.18 Å². The summed E-state index contributed by atoms with van der Waals surface area (Å²) in [6, 6.07) is -0.347. The van der Waals surface area contributed by atoms with Crippen LogP contribution < -0.4 is 10.2 Å². The molecule has 0 heterocycles. The molecule has 140 valence electrons. The Bertz CT molecular complexity index is 677. The van der Waals surface area contributed by atoms with E-state index in [1.165, 1.54) is 14.1 Å². The molecule has 11 heteroatoms. The number of amides is 3. The fourth-order valence-corrected chi connectivity index (χ4v) is 2.06. The lowest BCUT2D eigenvalue weighted by atomic mass is 10.0. The predicted octanol–water partition coefficient (Wildman–Crippen LogP) is 0.930. The van der Waals surface area contributed by atoms with Crippen molar-refractivity contribution in [1.29, 1.82) is 0 Å². The summed E-state index contributed by atoms with van der Waals surface area (Å²) in [4.78, 5) is 30.7. The molecule has 0 saturated carbocycles. The number of nitrogens with two attached hydrogens (primary N) is 1. The van der Waals surface area contributed by atoms with Gasteiger partial charge in [-0.1, -0.05) is 0 Å². The Labute approximate surface area is 141 Å². The number of urea groups is 1. The van der Waals surface area contributed by atoms with Gasteiger partial charge in [0.2, 0.25) is 11.4 Å². The smallest absolute Gasteiger partial charge is 0.417 e. The SMILES string of the molecule is CO[NH2+]c1c(O)c(OC)cc(C(F)(F)F)c1C(=O)N(C)C(=O)N(C)C. The molecule has 3 amide bonds. The van der Waals surface area contributed by atoms with Gasteiger partial charge >= 0.3 is 12.2 Å². The second-order valence-corrected chi connectivity index (χ2v) is 5.16. The van der Waals surface area contributed by atoms with Gasteiger partial charge in [0.1, 0.15) is 5.56 Å².